The molecule has 0 bridgehead atoms. The van der Waals surface area contributed by atoms with Crippen LogP contribution in [0.2, 0.25) is 10.0 Å². The first-order valence-electron chi connectivity index (χ1n) is 9.50. The van der Waals surface area contributed by atoms with Crippen LogP contribution in [0.25, 0.3) is 4.96 Å². The largest absolute Gasteiger partial charge is 0.492 e. The summed E-state index contributed by atoms with van der Waals surface area (Å²) in [5.41, 5.74) is 1.01. The molecule has 0 saturated carbocycles. The number of fused-ring (bicyclic) bond motifs is 1. The van der Waals surface area contributed by atoms with Crippen LogP contribution >= 0.6 is 34.5 Å². The van der Waals surface area contributed by atoms with Crippen LogP contribution in [0.3, 0.4) is 0 Å². The third kappa shape index (κ3) is 3.62. The first kappa shape index (κ1) is 19.9. The van der Waals surface area contributed by atoms with Gasteiger partial charge in [-0.05, 0) is 24.2 Å². The minimum absolute atomic E-state index is 0.118. The van der Waals surface area contributed by atoms with Gasteiger partial charge in [-0.15, -0.1) is 5.10 Å². The molecule has 1 aliphatic rings. The SMILES string of the molecule is CCc1nc2sc([C@@H](c3ccc(Cl)c(Cl)c3)N3CCN(CC)CC3)c(O)n2n1. The highest BCUT2D eigenvalue weighted by molar-refractivity contribution is 7.17. The fourth-order valence-corrected chi connectivity index (χ4v) is 5.11. The van der Waals surface area contributed by atoms with E-state index in [2.05, 4.69) is 26.8 Å². The van der Waals surface area contributed by atoms with Crippen molar-refractivity contribution >= 4 is 39.5 Å². The van der Waals surface area contributed by atoms with Gasteiger partial charge >= 0.3 is 0 Å². The normalized spacial score (nSPS) is 17.4. The number of likely N-dealkylation sites (N-methyl/N-ethyl adjacent to an activating group) is 1. The first-order chi connectivity index (χ1) is 13.5. The molecule has 1 N–H and O–H groups in total. The fourth-order valence-electron chi connectivity index (χ4n) is 3.67. The van der Waals surface area contributed by atoms with E-state index in [0.717, 1.165) is 55.4 Å². The van der Waals surface area contributed by atoms with Gasteiger partial charge in [0.2, 0.25) is 10.8 Å². The van der Waals surface area contributed by atoms with Crippen LogP contribution in [0.1, 0.15) is 36.2 Å². The number of rotatable bonds is 5. The Morgan fingerprint density at radius 2 is 1.89 bits per heavy atom. The molecule has 28 heavy (non-hydrogen) atoms. The van der Waals surface area contributed by atoms with Gasteiger partial charge in [0.15, 0.2) is 5.82 Å². The van der Waals surface area contributed by atoms with Gasteiger partial charge in [0.1, 0.15) is 0 Å². The molecule has 2 aromatic heterocycles. The van der Waals surface area contributed by atoms with E-state index in [4.69, 9.17) is 23.2 Å². The number of aryl methyl sites for hydroxylation is 1. The van der Waals surface area contributed by atoms with Crippen molar-refractivity contribution in [1.29, 1.82) is 0 Å². The first-order valence-corrected chi connectivity index (χ1v) is 11.1. The average Bonchev–Trinajstić information content (AvgIpc) is 3.25. The van der Waals surface area contributed by atoms with Gasteiger partial charge in [0.05, 0.1) is 21.0 Å². The summed E-state index contributed by atoms with van der Waals surface area (Å²) in [6, 6.07) is 5.58. The molecule has 0 unspecified atom stereocenters. The molecule has 1 aromatic carbocycles. The molecule has 3 aromatic rings. The topological polar surface area (TPSA) is 56.9 Å². The van der Waals surface area contributed by atoms with Crippen LogP contribution in [0.15, 0.2) is 18.2 Å². The molecule has 1 fully saturated rings. The lowest BCUT2D eigenvalue weighted by molar-refractivity contribution is 0.113. The number of hydrogen-bond donors (Lipinski definition) is 1. The Hall–Kier alpha value is -1.38. The Bertz CT molecular complexity index is 980. The number of nitrogens with zero attached hydrogens (tertiary/aromatic N) is 5. The van der Waals surface area contributed by atoms with E-state index in [-0.39, 0.29) is 11.9 Å². The smallest absolute Gasteiger partial charge is 0.230 e. The second-order valence-corrected chi connectivity index (χ2v) is 8.74. The van der Waals surface area contributed by atoms with Crippen LogP contribution in [0.4, 0.5) is 0 Å². The minimum Gasteiger partial charge on any atom is -0.492 e. The molecule has 6 nitrogen and oxygen atoms in total. The zero-order valence-electron chi connectivity index (χ0n) is 15.9. The highest BCUT2D eigenvalue weighted by Crippen LogP contribution is 2.41. The van der Waals surface area contributed by atoms with Crippen molar-refractivity contribution in [2.24, 2.45) is 0 Å². The Balaban J connectivity index is 1.77. The zero-order chi connectivity index (χ0) is 19.8. The van der Waals surface area contributed by atoms with Gasteiger partial charge in [-0.1, -0.05) is 54.5 Å². The van der Waals surface area contributed by atoms with Crippen molar-refractivity contribution in [1.82, 2.24) is 24.4 Å². The van der Waals surface area contributed by atoms with E-state index < -0.39 is 0 Å². The summed E-state index contributed by atoms with van der Waals surface area (Å²) in [5.74, 6) is 0.886. The Morgan fingerprint density at radius 3 is 2.50 bits per heavy atom. The average molecular weight is 440 g/mol. The number of piperazine rings is 1. The highest BCUT2D eigenvalue weighted by Gasteiger charge is 2.31. The summed E-state index contributed by atoms with van der Waals surface area (Å²) in [4.78, 5) is 10.9. The molecule has 1 atom stereocenters. The molecular formula is C19H23Cl2N5OS. The third-order valence-corrected chi connectivity index (χ3v) is 7.10. The van der Waals surface area contributed by atoms with Crippen LogP contribution in [-0.4, -0.2) is 62.2 Å². The van der Waals surface area contributed by atoms with Crippen LogP contribution < -0.4 is 0 Å². The van der Waals surface area contributed by atoms with Crippen molar-refractivity contribution in [3.8, 4) is 5.88 Å². The quantitative estimate of drug-likeness (QED) is 0.648. The number of aromatic hydroxyl groups is 1. The van der Waals surface area contributed by atoms with E-state index in [1.54, 1.807) is 4.52 Å². The van der Waals surface area contributed by atoms with Crippen LogP contribution in [0.5, 0.6) is 5.88 Å². The number of hydrogen-bond acceptors (Lipinski definition) is 6. The van der Waals surface area contributed by atoms with E-state index in [0.29, 0.717) is 15.0 Å². The molecule has 9 heteroatoms. The molecule has 3 heterocycles. The zero-order valence-corrected chi connectivity index (χ0v) is 18.2. The van der Waals surface area contributed by atoms with E-state index in [9.17, 15) is 5.11 Å². The summed E-state index contributed by atoms with van der Waals surface area (Å²) in [6.45, 7) is 9.04. The summed E-state index contributed by atoms with van der Waals surface area (Å²) in [5, 5.41) is 16.4. The summed E-state index contributed by atoms with van der Waals surface area (Å²) >= 11 is 13.9. The Kier molecular flexibility index (Phi) is 5.81. The highest BCUT2D eigenvalue weighted by atomic mass is 35.5. The van der Waals surface area contributed by atoms with Crippen molar-refractivity contribution in [3.63, 3.8) is 0 Å². The lowest BCUT2D eigenvalue weighted by Gasteiger charge is -2.38. The van der Waals surface area contributed by atoms with Gasteiger partial charge in [-0.25, -0.2) is 4.98 Å². The van der Waals surface area contributed by atoms with Gasteiger partial charge in [0.25, 0.3) is 0 Å². The van der Waals surface area contributed by atoms with Gasteiger partial charge in [-0.3, -0.25) is 4.90 Å². The fraction of sp³-hybridized carbons (Fsp3) is 0.474. The maximum Gasteiger partial charge on any atom is 0.230 e. The van der Waals surface area contributed by atoms with E-state index >= 15 is 0 Å². The van der Waals surface area contributed by atoms with E-state index in [1.165, 1.54) is 11.3 Å². The van der Waals surface area contributed by atoms with Crippen LogP contribution in [0, 0.1) is 0 Å². The molecule has 0 radical (unpaired) electrons. The maximum atomic E-state index is 11.0. The predicted octanol–water partition coefficient (Wildman–Crippen LogP) is 4.09. The van der Waals surface area contributed by atoms with Crippen molar-refractivity contribution in [2.45, 2.75) is 26.3 Å². The summed E-state index contributed by atoms with van der Waals surface area (Å²) in [7, 11) is 0. The number of thiazole rings is 1. The molecule has 0 amide bonds. The van der Waals surface area contributed by atoms with Crippen LogP contribution in [-0.2, 0) is 6.42 Å². The number of benzene rings is 1. The number of aromatic nitrogens is 3. The third-order valence-electron chi connectivity index (χ3n) is 5.29. The molecule has 150 valence electrons. The lowest BCUT2D eigenvalue weighted by Crippen LogP contribution is -2.47. The molecule has 4 rings (SSSR count). The summed E-state index contributed by atoms with van der Waals surface area (Å²) < 4.78 is 1.55. The molecule has 0 aliphatic carbocycles. The Labute approximate surface area is 178 Å². The summed E-state index contributed by atoms with van der Waals surface area (Å²) in [6.07, 6.45) is 0.734. The van der Waals surface area contributed by atoms with Gasteiger partial charge in [0, 0.05) is 32.6 Å². The molecule has 1 saturated heterocycles. The van der Waals surface area contributed by atoms with Crippen molar-refractivity contribution < 1.29 is 5.11 Å². The van der Waals surface area contributed by atoms with Gasteiger partial charge < -0.3 is 10.0 Å². The second-order valence-electron chi connectivity index (χ2n) is 6.91. The molecule has 0 spiro atoms. The van der Waals surface area contributed by atoms with Gasteiger partial charge in [-0.2, -0.15) is 4.52 Å². The standard InChI is InChI=1S/C19H23Cl2N5OS/c1-3-15-22-19-26(23-15)18(27)17(28-19)16(12-5-6-13(20)14(21)11-12)25-9-7-24(4-2)8-10-25/h5-6,11,16,27H,3-4,7-10H2,1-2H3/t16-/m1/s1. The predicted molar refractivity (Wildman–Crippen MR) is 114 cm³/mol. The maximum absolute atomic E-state index is 11.0. The lowest BCUT2D eigenvalue weighted by atomic mass is 10.0. The Morgan fingerprint density at radius 1 is 1.14 bits per heavy atom. The molecule has 1 aliphatic heterocycles. The monoisotopic (exact) mass is 439 g/mol. The number of halogens is 2. The molecular weight excluding hydrogens is 417 g/mol. The minimum atomic E-state index is -0.118. The second kappa shape index (κ2) is 8.16. The van der Waals surface area contributed by atoms with Crippen molar-refractivity contribution in [3.05, 3.63) is 44.5 Å². The van der Waals surface area contributed by atoms with E-state index in [1.807, 2.05) is 25.1 Å². The van der Waals surface area contributed by atoms with Crippen molar-refractivity contribution in [2.75, 3.05) is 32.7 Å².